The van der Waals surface area contributed by atoms with Crippen LogP contribution < -0.4 is 10.0 Å². The molecule has 0 saturated carbocycles. The van der Waals surface area contributed by atoms with Crippen LogP contribution in [0.15, 0.2) is 70.9 Å². The summed E-state index contributed by atoms with van der Waals surface area (Å²) in [7, 11) is -3.98. The van der Waals surface area contributed by atoms with Gasteiger partial charge in [-0.15, -0.1) is 11.3 Å². The SMILES string of the molecule is O=C(C=Cc1cccs1)Nc1ccc(Cl)c(S(=O)(=O)Nc2cccc(Cl)c2)c1. The van der Waals surface area contributed by atoms with Gasteiger partial charge in [-0.25, -0.2) is 8.42 Å². The number of amides is 1. The fourth-order valence-corrected chi connectivity index (χ4v) is 4.66. The first-order valence-electron chi connectivity index (χ1n) is 7.94. The number of hydrogen-bond donors (Lipinski definition) is 2. The predicted molar refractivity (Wildman–Crippen MR) is 116 cm³/mol. The molecular formula is C19H14Cl2N2O3S2. The minimum absolute atomic E-state index is 0.0293. The van der Waals surface area contributed by atoms with E-state index in [2.05, 4.69) is 10.0 Å². The molecule has 0 spiro atoms. The number of nitrogens with one attached hydrogen (secondary N) is 2. The molecule has 1 amide bonds. The van der Waals surface area contributed by atoms with Crippen LogP contribution in [0.1, 0.15) is 4.88 Å². The van der Waals surface area contributed by atoms with Gasteiger partial charge in [0.25, 0.3) is 10.0 Å². The molecule has 144 valence electrons. The van der Waals surface area contributed by atoms with E-state index in [4.69, 9.17) is 23.2 Å². The zero-order chi connectivity index (χ0) is 20.1. The van der Waals surface area contributed by atoms with Crippen LogP contribution in [-0.4, -0.2) is 14.3 Å². The maximum atomic E-state index is 12.7. The Morgan fingerprint density at radius 2 is 1.82 bits per heavy atom. The molecule has 28 heavy (non-hydrogen) atoms. The lowest BCUT2D eigenvalue weighted by Gasteiger charge is -2.11. The van der Waals surface area contributed by atoms with Crippen molar-refractivity contribution >= 4 is 67.9 Å². The maximum Gasteiger partial charge on any atom is 0.263 e. The van der Waals surface area contributed by atoms with Crippen LogP contribution in [-0.2, 0) is 14.8 Å². The molecule has 0 fully saturated rings. The van der Waals surface area contributed by atoms with Crippen molar-refractivity contribution in [3.8, 4) is 0 Å². The lowest BCUT2D eigenvalue weighted by Crippen LogP contribution is -2.14. The lowest BCUT2D eigenvalue weighted by atomic mass is 10.3. The van der Waals surface area contributed by atoms with Gasteiger partial charge in [0.1, 0.15) is 4.90 Å². The summed E-state index contributed by atoms with van der Waals surface area (Å²) >= 11 is 13.5. The number of anilines is 2. The monoisotopic (exact) mass is 452 g/mol. The number of hydrogen-bond acceptors (Lipinski definition) is 4. The minimum Gasteiger partial charge on any atom is -0.322 e. The quantitative estimate of drug-likeness (QED) is 0.484. The van der Waals surface area contributed by atoms with Crippen molar-refractivity contribution in [2.24, 2.45) is 0 Å². The summed E-state index contributed by atoms with van der Waals surface area (Å²) in [6.07, 6.45) is 3.05. The number of thiophene rings is 1. The summed E-state index contributed by atoms with van der Waals surface area (Å²) in [5, 5.41) is 4.95. The number of rotatable bonds is 6. The van der Waals surface area contributed by atoms with E-state index in [-0.39, 0.29) is 15.8 Å². The van der Waals surface area contributed by atoms with E-state index in [1.54, 1.807) is 24.3 Å². The van der Waals surface area contributed by atoms with Crippen molar-refractivity contribution in [3.63, 3.8) is 0 Å². The van der Waals surface area contributed by atoms with E-state index in [1.807, 2.05) is 17.5 Å². The summed E-state index contributed by atoms with van der Waals surface area (Å²) in [6, 6.07) is 14.3. The van der Waals surface area contributed by atoms with Gasteiger partial charge in [-0.3, -0.25) is 9.52 Å². The highest BCUT2D eigenvalue weighted by Gasteiger charge is 2.19. The molecule has 0 aliphatic heterocycles. The van der Waals surface area contributed by atoms with Gasteiger partial charge in [0.05, 0.1) is 10.7 Å². The Balaban J connectivity index is 1.79. The summed E-state index contributed by atoms with van der Waals surface area (Å²) in [5.74, 6) is -0.387. The van der Waals surface area contributed by atoms with Crippen LogP contribution in [0.4, 0.5) is 11.4 Å². The number of benzene rings is 2. The highest BCUT2D eigenvalue weighted by Crippen LogP contribution is 2.27. The summed E-state index contributed by atoms with van der Waals surface area (Å²) in [6.45, 7) is 0. The fourth-order valence-electron chi connectivity index (χ4n) is 2.28. The summed E-state index contributed by atoms with van der Waals surface area (Å²) < 4.78 is 27.8. The third-order valence-electron chi connectivity index (χ3n) is 3.51. The first-order chi connectivity index (χ1) is 13.3. The molecule has 2 aromatic carbocycles. The summed E-state index contributed by atoms with van der Waals surface area (Å²) in [4.78, 5) is 12.8. The average molecular weight is 453 g/mol. The molecule has 0 atom stereocenters. The van der Waals surface area contributed by atoms with Crippen molar-refractivity contribution in [2.75, 3.05) is 10.0 Å². The lowest BCUT2D eigenvalue weighted by molar-refractivity contribution is -0.111. The molecule has 1 aromatic heterocycles. The Bertz CT molecular complexity index is 1130. The normalized spacial score (nSPS) is 11.5. The van der Waals surface area contributed by atoms with Crippen molar-refractivity contribution in [1.82, 2.24) is 0 Å². The molecule has 0 radical (unpaired) electrons. The Morgan fingerprint density at radius 1 is 1.00 bits per heavy atom. The van der Waals surface area contributed by atoms with Gasteiger partial charge in [0.2, 0.25) is 5.91 Å². The van der Waals surface area contributed by atoms with Gasteiger partial charge in [0, 0.05) is 21.7 Å². The molecule has 0 unspecified atom stereocenters. The third kappa shape index (κ3) is 5.36. The number of halogens is 2. The van der Waals surface area contributed by atoms with Crippen molar-refractivity contribution in [1.29, 1.82) is 0 Å². The van der Waals surface area contributed by atoms with Crippen LogP contribution in [0.25, 0.3) is 6.08 Å². The summed E-state index contributed by atoms with van der Waals surface area (Å²) in [5.41, 5.74) is 0.605. The Hall–Kier alpha value is -2.32. The van der Waals surface area contributed by atoms with Gasteiger partial charge in [0.15, 0.2) is 0 Å². The molecule has 0 saturated heterocycles. The standard InChI is InChI=1S/C19H14Cl2N2O3S2/c20-13-3-1-4-15(11-13)23-28(25,26)18-12-14(6-8-17(18)21)22-19(24)9-7-16-5-2-10-27-16/h1-12,23H,(H,22,24). The van der Waals surface area contributed by atoms with E-state index in [9.17, 15) is 13.2 Å². The molecule has 3 rings (SSSR count). The van der Waals surface area contributed by atoms with Crippen LogP contribution in [0.5, 0.6) is 0 Å². The molecule has 9 heteroatoms. The smallest absolute Gasteiger partial charge is 0.263 e. The molecule has 3 aromatic rings. The van der Waals surface area contributed by atoms with Crippen molar-refractivity contribution in [2.45, 2.75) is 4.90 Å². The van der Waals surface area contributed by atoms with Gasteiger partial charge in [-0.2, -0.15) is 0 Å². The average Bonchev–Trinajstić information content (AvgIpc) is 3.15. The zero-order valence-electron chi connectivity index (χ0n) is 14.2. The Labute approximate surface area is 176 Å². The van der Waals surface area contributed by atoms with Crippen LogP contribution >= 0.6 is 34.5 Å². The fraction of sp³-hybridized carbons (Fsp3) is 0. The number of carbonyl (C=O) groups is 1. The van der Waals surface area contributed by atoms with Crippen LogP contribution in [0.2, 0.25) is 10.0 Å². The maximum absolute atomic E-state index is 12.7. The minimum atomic E-state index is -3.98. The molecule has 0 aliphatic rings. The highest BCUT2D eigenvalue weighted by molar-refractivity contribution is 7.92. The number of carbonyl (C=O) groups excluding carboxylic acids is 1. The molecule has 5 nitrogen and oxygen atoms in total. The Kier molecular flexibility index (Phi) is 6.41. The van der Waals surface area contributed by atoms with Crippen molar-refractivity contribution in [3.05, 3.63) is 81.0 Å². The second kappa shape index (κ2) is 8.79. The first kappa shape index (κ1) is 20.4. The highest BCUT2D eigenvalue weighted by atomic mass is 35.5. The largest absolute Gasteiger partial charge is 0.322 e. The molecule has 0 bridgehead atoms. The van der Waals surface area contributed by atoms with Crippen LogP contribution in [0, 0.1) is 0 Å². The molecule has 2 N–H and O–H groups in total. The first-order valence-corrected chi connectivity index (χ1v) is 11.1. The zero-order valence-corrected chi connectivity index (χ0v) is 17.4. The second-order valence-electron chi connectivity index (χ2n) is 5.60. The Morgan fingerprint density at radius 3 is 2.54 bits per heavy atom. The van der Waals surface area contributed by atoms with E-state index in [0.717, 1.165) is 4.88 Å². The van der Waals surface area contributed by atoms with Gasteiger partial charge < -0.3 is 5.32 Å². The molecule has 0 aliphatic carbocycles. The molecular weight excluding hydrogens is 439 g/mol. The van der Waals surface area contributed by atoms with Gasteiger partial charge in [-0.05, 0) is 53.9 Å². The second-order valence-corrected chi connectivity index (χ2v) is 9.07. The molecule has 1 heterocycles. The number of sulfonamides is 1. The van der Waals surface area contributed by atoms with E-state index < -0.39 is 10.0 Å². The topological polar surface area (TPSA) is 75.3 Å². The van der Waals surface area contributed by atoms with Gasteiger partial charge in [-0.1, -0.05) is 35.3 Å². The van der Waals surface area contributed by atoms with Crippen LogP contribution in [0.3, 0.4) is 0 Å². The third-order valence-corrected chi connectivity index (χ3v) is 6.44. The van der Waals surface area contributed by atoms with Crippen molar-refractivity contribution < 1.29 is 13.2 Å². The van der Waals surface area contributed by atoms with E-state index in [0.29, 0.717) is 16.4 Å². The van der Waals surface area contributed by atoms with E-state index in [1.165, 1.54) is 41.7 Å². The predicted octanol–water partition coefficient (Wildman–Crippen LogP) is 5.51. The van der Waals surface area contributed by atoms with Gasteiger partial charge >= 0.3 is 0 Å². The van der Waals surface area contributed by atoms with E-state index >= 15 is 0 Å².